The molecule has 0 bridgehead atoms. The van der Waals surface area contributed by atoms with Crippen LogP contribution in [0.5, 0.6) is 0 Å². The van der Waals surface area contributed by atoms with Gasteiger partial charge in [-0.2, -0.15) is 0 Å². The molecule has 0 nitrogen and oxygen atoms in total. The first-order chi connectivity index (χ1) is 9.19. The molecule has 19 heavy (non-hydrogen) atoms. The highest BCUT2D eigenvalue weighted by atomic mass is 32.1. The van der Waals surface area contributed by atoms with Gasteiger partial charge in [-0.1, -0.05) is 0 Å². The van der Waals surface area contributed by atoms with Crippen molar-refractivity contribution < 1.29 is 0 Å². The van der Waals surface area contributed by atoms with Crippen molar-refractivity contribution >= 4 is 54.2 Å². The van der Waals surface area contributed by atoms with Crippen LogP contribution in [0, 0.1) is 13.8 Å². The second kappa shape index (κ2) is 4.17. The molecular formula is C16H12S3. The molecule has 0 spiro atoms. The lowest BCUT2D eigenvalue weighted by Gasteiger charge is -1.89. The molecule has 0 aliphatic rings. The molecule has 4 aromatic rings. The van der Waals surface area contributed by atoms with E-state index in [1.54, 1.807) is 0 Å². The number of thiophene rings is 3. The van der Waals surface area contributed by atoms with Crippen molar-refractivity contribution in [1.29, 1.82) is 0 Å². The summed E-state index contributed by atoms with van der Waals surface area (Å²) in [7, 11) is 0. The fraction of sp³-hybridized carbons (Fsp3) is 0.125. The van der Waals surface area contributed by atoms with Crippen LogP contribution in [0.25, 0.3) is 29.9 Å². The summed E-state index contributed by atoms with van der Waals surface area (Å²) in [5.74, 6) is 0. The quantitative estimate of drug-likeness (QED) is 0.378. The van der Waals surface area contributed by atoms with Crippen LogP contribution in [0.15, 0.2) is 36.4 Å². The maximum absolute atomic E-state index is 2.34. The molecule has 94 valence electrons. The van der Waals surface area contributed by atoms with E-state index in [2.05, 4.69) is 50.2 Å². The van der Waals surface area contributed by atoms with Crippen LogP contribution >= 0.6 is 34.0 Å². The minimum atomic E-state index is 1.38. The van der Waals surface area contributed by atoms with Crippen LogP contribution in [0.1, 0.15) is 9.75 Å². The summed E-state index contributed by atoms with van der Waals surface area (Å²) in [5.41, 5.74) is 0. The van der Waals surface area contributed by atoms with Gasteiger partial charge in [0.25, 0.3) is 0 Å². The van der Waals surface area contributed by atoms with Crippen molar-refractivity contribution in [2.75, 3.05) is 0 Å². The predicted molar refractivity (Wildman–Crippen MR) is 90.0 cm³/mol. The molecule has 0 saturated heterocycles. The molecule has 3 heteroatoms. The topological polar surface area (TPSA) is 0 Å². The summed E-state index contributed by atoms with van der Waals surface area (Å²) in [6.07, 6.45) is 0. The van der Waals surface area contributed by atoms with Crippen molar-refractivity contribution in [2.24, 2.45) is 0 Å². The molecule has 0 amide bonds. The molecule has 0 aliphatic carbocycles. The molecule has 1 aromatic carbocycles. The Balaban J connectivity index is 1.95. The Hall–Kier alpha value is -1.16. The van der Waals surface area contributed by atoms with Crippen molar-refractivity contribution in [3.63, 3.8) is 0 Å². The molecule has 0 fully saturated rings. The SMILES string of the molecule is Cc1ccc(-c2cc3cc4sc(C)cc4cc3s2)s1. The third-order valence-electron chi connectivity index (χ3n) is 3.26. The highest BCUT2D eigenvalue weighted by Gasteiger charge is 2.08. The molecule has 0 aliphatic heterocycles. The van der Waals surface area contributed by atoms with Gasteiger partial charge >= 0.3 is 0 Å². The third kappa shape index (κ3) is 1.93. The van der Waals surface area contributed by atoms with Crippen LogP contribution < -0.4 is 0 Å². The van der Waals surface area contributed by atoms with E-state index in [9.17, 15) is 0 Å². The molecule has 3 aromatic heterocycles. The van der Waals surface area contributed by atoms with E-state index in [1.807, 2.05) is 34.0 Å². The predicted octanol–water partition coefficient (Wildman–Crippen LogP) is 6.46. The molecule has 3 heterocycles. The van der Waals surface area contributed by atoms with Gasteiger partial charge in [0.1, 0.15) is 0 Å². The number of aryl methyl sites for hydroxylation is 2. The van der Waals surface area contributed by atoms with E-state index in [1.165, 1.54) is 39.7 Å². The van der Waals surface area contributed by atoms with Crippen molar-refractivity contribution in [2.45, 2.75) is 13.8 Å². The fourth-order valence-electron chi connectivity index (χ4n) is 2.39. The maximum Gasteiger partial charge on any atom is 0.0455 e. The number of benzene rings is 1. The Morgan fingerprint density at radius 2 is 1.37 bits per heavy atom. The minimum Gasteiger partial charge on any atom is -0.141 e. The standard InChI is InChI=1S/C16H12S3/c1-9-3-4-13(17-9)16-8-12-7-14-11(5-10(2)18-14)6-15(12)19-16/h3-8H,1-2H3. The minimum absolute atomic E-state index is 1.38. The molecule has 0 N–H and O–H groups in total. The molecule has 4 rings (SSSR count). The molecule has 0 atom stereocenters. The normalized spacial score (nSPS) is 11.7. The van der Waals surface area contributed by atoms with Crippen LogP contribution in [0.4, 0.5) is 0 Å². The van der Waals surface area contributed by atoms with Crippen molar-refractivity contribution in [1.82, 2.24) is 0 Å². The zero-order valence-corrected chi connectivity index (χ0v) is 13.1. The van der Waals surface area contributed by atoms with E-state index in [4.69, 9.17) is 0 Å². The number of rotatable bonds is 1. The van der Waals surface area contributed by atoms with Gasteiger partial charge in [0.05, 0.1) is 0 Å². The van der Waals surface area contributed by atoms with Gasteiger partial charge < -0.3 is 0 Å². The number of fused-ring (bicyclic) bond motifs is 2. The lowest BCUT2D eigenvalue weighted by atomic mass is 10.2. The Kier molecular flexibility index (Phi) is 2.56. The average molecular weight is 300 g/mol. The lowest BCUT2D eigenvalue weighted by molar-refractivity contribution is 1.64. The zero-order chi connectivity index (χ0) is 13.0. The second-order valence-corrected chi connectivity index (χ2v) is 8.47. The number of hydrogen-bond acceptors (Lipinski definition) is 3. The van der Waals surface area contributed by atoms with E-state index in [0.29, 0.717) is 0 Å². The van der Waals surface area contributed by atoms with Gasteiger partial charge in [0, 0.05) is 28.9 Å². The molecule has 0 saturated carbocycles. The first-order valence-electron chi connectivity index (χ1n) is 6.19. The number of hydrogen-bond donors (Lipinski definition) is 0. The van der Waals surface area contributed by atoms with E-state index in [0.717, 1.165) is 0 Å². The van der Waals surface area contributed by atoms with E-state index in [-0.39, 0.29) is 0 Å². The van der Waals surface area contributed by atoms with Crippen LogP contribution in [-0.4, -0.2) is 0 Å². The fourth-order valence-corrected chi connectivity index (χ4v) is 5.39. The Morgan fingerprint density at radius 3 is 2.11 bits per heavy atom. The van der Waals surface area contributed by atoms with Crippen LogP contribution in [-0.2, 0) is 0 Å². The Labute approximate surface area is 124 Å². The summed E-state index contributed by atoms with van der Waals surface area (Å²) in [4.78, 5) is 5.55. The summed E-state index contributed by atoms with van der Waals surface area (Å²) in [5, 5.41) is 2.76. The maximum atomic E-state index is 2.34. The zero-order valence-electron chi connectivity index (χ0n) is 10.7. The lowest BCUT2D eigenvalue weighted by Crippen LogP contribution is -1.62. The van der Waals surface area contributed by atoms with Gasteiger partial charge in [-0.15, -0.1) is 34.0 Å². The summed E-state index contributed by atoms with van der Waals surface area (Å²) < 4.78 is 2.79. The summed E-state index contributed by atoms with van der Waals surface area (Å²) in [6.45, 7) is 4.35. The van der Waals surface area contributed by atoms with Gasteiger partial charge in [-0.05, 0) is 61.0 Å². The smallest absolute Gasteiger partial charge is 0.0455 e. The van der Waals surface area contributed by atoms with Gasteiger partial charge in [0.15, 0.2) is 0 Å². The first-order valence-corrected chi connectivity index (χ1v) is 8.64. The highest BCUT2D eigenvalue weighted by molar-refractivity contribution is 7.26. The monoisotopic (exact) mass is 300 g/mol. The molecule has 0 unspecified atom stereocenters. The van der Waals surface area contributed by atoms with E-state index >= 15 is 0 Å². The third-order valence-corrected chi connectivity index (χ3v) is 6.57. The van der Waals surface area contributed by atoms with Gasteiger partial charge in [0.2, 0.25) is 0 Å². The van der Waals surface area contributed by atoms with Gasteiger partial charge in [-0.3, -0.25) is 0 Å². The average Bonchev–Trinajstić information content (AvgIpc) is 3.02. The van der Waals surface area contributed by atoms with Crippen molar-refractivity contribution in [3.8, 4) is 9.75 Å². The van der Waals surface area contributed by atoms with E-state index < -0.39 is 0 Å². The largest absolute Gasteiger partial charge is 0.141 e. The Bertz CT molecular complexity index is 838. The second-order valence-electron chi connectivity index (χ2n) is 4.81. The summed E-state index contributed by atoms with van der Waals surface area (Å²) in [6, 6.07) is 13.7. The van der Waals surface area contributed by atoms with Gasteiger partial charge in [-0.25, -0.2) is 0 Å². The molecular weight excluding hydrogens is 288 g/mol. The Morgan fingerprint density at radius 1 is 0.632 bits per heavy atom. The highest BCUT2D eigenvalue weighted by Crippen LogP contribution is 2.39. The first kappa shape index (κ1) is 11.6. The van der Waals surface area contributed by atoms with Crippen LogP contribution in [0.2, 0.25) is 0 Å². The van der Waals surface area contributed by atoms with Crippen molar-refractivity contribution in [3.05, 3.63) is 46.2 Å². The van der Waals surface area contributed by atoms with Crippen LogP contribution in [0.3, 0.4) is 0 Å². The summed E-state index contributed by atoms with van der Waals surface area (Å²) >= 11 is 5.66. The molecule has 0 radical (unpaired) electrons.